The third-order valence-electron chi connectivity index (χ3n) is 4.61. The molecule has 0 radical (unpaired) electrons. The van der Waals surface area contributed by atoms with E-state index in [-0.39, 0.29) is 6.42 Å². The summed E-state index contributed by atoms with van der Waals surface area (Å²) in [4.78, 5) is 17.7. The van der Waals surface area contributed by atoms with E-state index >= 15 is 0 Å². The monoisotopic (exact) mass is 276 g/mol. The van der Waals surface area contributed by atoms with Gasteiger partial charge in [0.05, 0.1) is 11.4 Å². The van der Waals surface area contributed by atoms with Gasteiger partial charge in [0.25, 0.3) is 0 Å². The van der Waals surface area contributed by atoms with Gasteiger partial charge < -0.3 is 10.0 Å². The predicted octanol–water partition coefficient (Wildman–Crippen LogP) is 1.71. The van der Waals surface area contributed by atoms with Gasteiger partial charge in [-0.25, -0.2) is 4.98 Å². The lowest BCUT2D eigenvalue weighted by Gasteiger charge is -2.38. The predicted molar refractivity (Wildman–Crippen MR) is 73.6 cm³/mol. The lowest BCUT2D eigenvalue weighted by Crippen LogP contribution is -2.44. The van der Waals surface area contributed by atoms with E-state index in [0.29, 0.717) is 18.0 Å². The van der Waals surface area contributed by atoms with Gasteiger partial charge in [-0.1, -0.05) is 0 Å². The number of anilines is 1. The summed E-state index contributed by atoms with van der Waals surface area (Å²) in [5, 5.41) is 17.4. The zero-order valence-electron chi connectivity index (χ0n) is 11.9. The average Bonchev–Trinajstić information content (AvgIpc) is 2.64. The molecular weight excluding hydrogens is 256 g/mol. The average molecular weight is 276 g/mol. The molecule has 2 saturated heterocycles. The fourth-order valence-corrected chi connectivity index (χ4v) is 3.58. The van der Waals surface area contributed by atoms with Crippen LogP contribution >= 0.6 is 0 Å². The Bertz CT molecular complexity index is 520. The number of rotatable bonds is 3. The lowest BCUT2D eigenvalue weighted by molar-refractivity contribution is -0.138. The Hall–Kier alpha value is -1.72. The molecule has 3 rings (SSSR count). The van der Waals surface area contributed by atoms with Crippen LogP contribution in [0.4, 0.5) is 5.95 Å². The van der Waals surface area contributed by atoms with Crippen LogP contribution in [-0.4, -0.2) is 38.3 Å². The minimum Gasteiger partial charge on any atom is -0.481 e. The van der Waals surface area contributed by atoms with E-state index in [4.69, 9.17) is 5.11 Å². The Morgan fingerprint density at radius 2 is 1.85 bits per heavy atom. The summed E-state index contributed by atoms with van der Waals surface area (Å²) in [6.45, 7) is 3.86. The van der Waals surface area contributed by atoms with Gasteiger partial charge in [0.2, 0.25) is 5.95 Å². The maximum atomic E-state index is 10.9. The van der Waals surface area contributed by atoms with Crippen molar-refractivity contribution < 1.29 is 9.90 Å². The normalized spacial score (nSPS) is 28.7. The molecular formula is C14H20N4O2. The number of carboxylic acids is 1. The number of hydrogen-bond donors (Lipinski definition) is 1. The molecule has 1 N–H and O–H groups in total. The third-order valence-corrected chi connectivity index (χ3v) is 4.61. The number of fused-ring (bicyclic) bond motifs is 2. The number of piperidine rings is 1. The Morgan fingerprint density at radius 3 is 2.40 bits per heavy atom. The van der Waals surface area contributed by atoms with Gasteiger partial charge in [-0.05, 0) is 45.4 Å². The molecule has 1 aromatic heterocycles. The van der Waals surface area contributed by atoms with Gasteiger partial charge in [0, 0.05) is 18.5 Å². The molecule has 0 spiro atoms. The van der Waals surface area contributed by atoms with Gasteiger partial charge in [0.15, 0.2) is 0 Å². The summed E-state index contributed by atoms with van der Waals surface area (Å²) in [5.41, 5.74) is 1.78. The number of hydrogen-bond acceptors (Lipinski definition) is 5. The van der Waals surface area contributed by atoms with Crippen LogP contribution in [0, 0.1) is 19.8 Å². The molecule has 2 aliphatic rings. The summed E-state index contributed by atoms with van der Waals surface area (Å²) in [5.74, 6) is 0.321. The molecule has 1 aromatic rings. The third kappa shape index (κ3) is 2.34. The van der Waals surface area contributed by atoms with Crippen molar-refractivity contribution in [3.05, 3.63) is 11.4 Å². The minimum absolute atomic E-state index is 0.285. The van der Waals surface area contributed by atoms with Crippen LogP contribution in [0.2, 0.25) is 0 Å². The van der Waals surface area contributed by atoms with Crippen LogP contribution < -0.4 is 4.90 Å². The molecule has 0 aliphatic carbocycles. The molecule has 6 nitrogen and oxygen atoms in total. The van der Waals surface area contributed by atoms with Crippen LogP contribution in [0.5, 0.6) is 0 Å². The van der Waals surface area contributed by atoms with Crippen molar-refractivity contribution in [1.29, 1.82) is 0 Å². The van der Waals surface area contributed by atoms with Gasteiger partial charge in [-0.2, -0.15) is 5.10 Å². The van der Waals surface area contributed by atoms with Crippen LogP contribution in [0.3, 0.4) is 0 Å². The Labute approximate surface area is 118 Å². The van der Waals surface area contributed by atoms with E-state index in [1.165, 1.54) is 0 Å². The van der Waals surface area contributed by atoms with Crippen LogP contribution in [0.25, 0.3) is 0 Å². The van der Waals surface area contributed by atoms with Crippen molar-refractivity contribution in [1.82, 2.24) is 15.2 Å². The highest BCUT2D eigenvalue weighted by atomic mass is 16.4. The first kappa shape index (κ1) is 13.3. The highest BCUT2D eigenvalue weighted by Gasteiger charge is 2.42. The van der Waals surface area contributed by atoms with Crippen molar-refractivity contribution in [3.8, 4) is 0 Å². The number of carbonyl (C=O) groups is 1. The molecule has 2 unspecified atom stereocenters. The SMILES string of the molecule is Cc1nnc(N2C3CCC2CC(CC(=O)O)C3)nc1C. The van der Waals surface area contributed by atoms with E-state index < -0.39 is 5.97 Å². The second-order valence-electron chi connectivity index (χ2n) is 6.01. The number of aliphatic carboxylic acids is 1. The van der Waals surface area contributed by atoms with E-state index in [1.807, 2.05) is 13.8 Å². The van der Waals surface area contributed by atoms with E-state index in [0.717, 1.165) is 43.0 Å². The molecule has 0 amide bonds. The highest BCUT2D eigenvalue weighted by molar-refractivity contribution is 5.67. The fraction of sp³-hybridized carbons (Fsp3) is 0.714. The summed E-state index contributed by atoms with van der Waals surface area (Å²) < 4.78 is 0. The second-order valence-corrected chi connectivity index (χ2v) is 6.01. The molecule has 2 bridgehead atoms. The zero-order chi connectivity index (χ0) is 14.3. The molecule has 6 heteroatoms. The smallest absolute Gasteiger partial charge is 0.303 e. The van der Waals surface area contributed by atoms with Crippen LogP contribution in [0.1, 0.15) is 43.5 Å². The van der Waals surface area contributed by atoms with E-state index in [9.17, 15) is 4.79 Å². The second kappa shape index (κ2) is 5.00. The molecule has 0 saturated carbocycles. The van der Waals surface area contributed by atoms with Gasteiger partial charge in [0.1, 0.15) is 0 Å². The molecule has 2 aliphatic heterocycles. The number of aryl methyl sites for hydroxylation is 2. The van der Waals surface area contributed by atoms with E-state index in [2.05, 4.69) is 20.1 Å². The number of nitrogens with zero attached hydrogens (tertiary/aromatic N) is 4. The maximum Gasteiger partial charge on any atom is 0.303 e. The molecule has 2 fully saturated rings. The molecule has 2 atom stereocenters. The maximum absolute atomic E-state index is 10.9. The summed E-state index contributed by atoms with van der Waals surface area (Å²) in [6, 6.07) is 0.754. The minimum atomic E-state index is -0.688. The number of carboxylic acid groups (broad SMARTS) is 1. The van der Waals surface area contributed by atoms with Crippen molar-refractivity contribution in [2.24, 2.45) is 5.92 Å². The zero-order valence-corrected chi connectivity index (χ0v) is 11.9. The quantitative estimate of drug-likeness (QED) is 0.905. The summed E-state index contributed by atoms with van der Waals surface area (Å²) in [7, 11) is 0. The Morgan fingerprint density at radius 1 is 1.20 bits per heavy atom. The van der Waals surface area contributed by atoms with Gasteiger partial charge >= 0.3 is 5.97 Å². The van der Waals surface area contributed by atoms with Crippen molar-refractivity contribution in [3.63, 3.8) is 0 Å². The standard InChI is InChI=1S/C14H20N4O2/c1-8-9(2)16-17-14(15-8)18-11-3-4-12(18)6-10(5-11)7-13(19)20/h10-12H,3-7H2,1-2H3,(H,19,20). The molecule has 108 valence electrons. The van der Waals surface area contributed by atoms with Gasteiger partial charge in [-0.3, -0.25) is 4.79 Å². The van der Waals surface area contributed by atoms with Crippen molar-refractivity contribution in [2.45, 2.75) is 58.0 Å². The summed E-state index contributed by atoms with van der Waals surface area (Å²) in [6.07, 6.45) is 4.36. The first-order valence-corrected chi connectivity index (χ1v) is 7.22. The first-order valence-electron chi connectivity index (χ1n) is 7.22. The first-order chi connectivity index (χ1) is 9.54. The number of aromatic nitrogens is 3. The van der Waals surface area contributed by atoms with Crippen LogP contribution in [0.15, 0.2) is 0 Å². The van der Waals surface area contributed by atoms with Gasteiger partial charge in [-0.15, -0.1) is 5.10 Å². The Kier molecular flexibility index (Phi) is 3.31. The topological polar surface area (TPSA) is 79.2 Å². The molecule has 0 aromatic carbocycles. The van der Waals surface area contributed by atoms with Crippen molar-refractivity contribution in [2.75, 3.05) is 4.90 Å². The van der Waals surface area contributed by atoms with Crippen LogP contribution in [-0.2, 0) is 4.79 Å². The highest BCUT2D eigenvalue weighted by Crippen LogP contribution is 2.41. The largest absolute Gasteiger partial charge is 0.481 e. The molecule has 20 heavy (non-hydrogen) atoms. The molecule has 3 heterocycles. The Balaban J connectivity index is 1.79. The van der Waals surface area contributed by atoms with E-state index in [1.54, 1.807) is 0 Å². The summed E-state index contributed by atoms with van der Waals surface area (Å²) >= 11 is 0. The van der Waals surface area contributed by atoms with Crippen molar-refractivity contribution >= 4 is 11.9 Å². The fourth-order valence-electron chi connectivity index (χ4n) is 3.58. The lowest BCUT2D eigenvalue weighted by atomic mass is 9.88.